The molecule has 5 aromatic rings. The van der Waals surface area contributed by atoms with Gasteiger partial charge in [-0.3, -0.25) is 9.59 Å². The predicted molar refractivity (Wildman–Crippen MR) is 166 cm³/mol. The van der Waals surface area contributed by atoms with Gasteiger partial charge < -0.3 is 4.90 Å². The first-order valence-corrected chi connectivity index (χ1v) is 17.9. The van der Waals surface area contributed by atoms with Gasteiger partial charge in [-0.1, -0.05) is 63.3 Å². The maximum atomic E-state index is 13.4. The fourth-order valence-corrected chi connectivity index (χ4v) is 11.8. The molecule has 190 valence electrons. The molecule has 4 heterocycles. The van der Waals surface area contributed by atoms with E-state index >= 15 is 0 Å². The number of anilines is 3. The third kappa shape index (κ3) is 2.91. The van der Waals surface area contributed by atoms with Gasteiger partial charge in [0.25, 0.3) is 0 Å². The molecule has 0 radical (unpaired) electrons. The summed E-state index contributed by atoms with van der Waals surface area (Å²) < 4.78 is 1.04. The maximum Gasteiger partial charge on any atom is 0.197 e. The monoisotopic (exact) mass is 559 g/mol. The number of rotatable bonds is 1. The van der Waals surface area contributed by atoms with Crippen LogP contribution in [0.25, 0.3) is 16.2 Å². The van der Waals surface area contributed by atoms with E-state index in [2.05, 4.69) is 80.4 Å². The minimum atomic E-state index is -1.90. The van der Waals surface area contributed by atoms with E-state index in [-0.39, 0.29) is 22.6 Å². The zero-order chi connectivity index (χ0) is 26.8. The number of carbonyl (C=O) groups is 2. The number of allylic oxidation sites excluding steroid dienone is 1. The average Bonchev–Trinajstić information content (AvgIpc) is 3.62. The molecule has 0 saturated heterocycles. The Hall–Kier alpha value is -3.58. The fourth-order valence-electron chi connectivity index (χ4n) is 6.75. The molecule has 1 aliphatic carbocycles. The van der Waals surface area contributed by atoms with E-state index in [1.165, 1.54) is 37.9 Å². The van der Waals surface area contributed by atoms with Crippen molar-refractivity contribution in [3.63, 3.8) is 0 Å². The highest BCUT2D eigenvalue weighted by molar-refractivity contribution is 7.18. The molecular formula is C33H25NO2S2Si. The Kier molecular flexibility index (Phi) is 4.51. The lowest BCUT2D eigenvalue weighted by Crippen LogP contribution is -2.59. The topological polar surface area (TPSA) is 37.4 Å². The molecule has 0 spiro atoms. The van der Waals surface area contributed by atoms with Gasteiger partial charge in [-0.2, -0.15) is 0 Å². The minimum Gasteiger partial charge on any atom is -0.302 e. The van der Waals surface area contributed by atoms with Crippen molar-refractivity contribution in [2.75, 3.05) is 4.90 Å². The van der Waals surface area contributed by atoms with Crippen LogP contribution in [0.4, 0.5) is 16.4 Å². The van der Waals surface area contributed by atoms with Crippen LogP contribution in [0.1, 0.15) is 50.6 Å². The SMILES string of the molecule is CC1(C)c2cc(/C=C3/C(=O)c4cc5ccsc5cc4C3=O)sc2N2c3ccccc3[Si](C)(C)c3cccc1c32. The zero-order valence-corrected chi connectivity index (χ0v) is 24.7. The van der Waals surface area contributed by atoms with Gasteiger partial charge in [-0.15, -0.1) is 22.7 Å². The largest absolute Gasteiger partial charge is 0.302 e. The van der Waals surface area contributed by atoms with Crippen molar-refractivity contribution in [2.45, 2.75) is 32.4 Å². The van der Waals surface area contributed by atoms with Crippen molar-refractivity contribution in [2.24, 2.45) is 0 Å². The van der Waals surface area contributed by atoms with Crippen LogP contribution in [0.15, 0.2) is 77.7 Å². The Morgan fingerprint density at radius 3 is 2.41 bits per heavy atom. The van der Waals surface area contributed by atoms with Crippen LogP contribution in [-0.2, 0) is 5.41 Å². The Morgan fingerprint density at radius 2 is 1.59 bits per heavy atom. The smallest absolute Gasteiger partial charge is 0.197 e. The second-order valence-corrected chi connectivity index (χ2v) is 18.1. The minimum absolute atomic E-state index is 0.169. The summed E-state index contributed by atoms with van der Waals surface area (Å²) >= 11 is 3.27. The predicted octanol–water partition coefficient (Wildman–Crippen LogP) is 7.67. The van der Waals surface area contributed by atoms with Gasteiger partial charge in [0.15, 0.2) is 11.6 Å². The van der Waals surface area contributed by atoms with E-state index in [1.807, 2.05) is 29.7 Å². The van der Waals surface area contributed by atoms with Crippen LogP contribution in [0.2, 0.25) is 13.1 Å². The molecule has 2 aliphatic heterocycles. The number of fused-ring (bicyclic) bond motifs is 6. The lowest BCUT2D eigenvalue weighted by Gasteiger charge is -2.47. The lowest BCUT2D eigenvalue weighted by molar-refractivity contribution is 0.0990. The maximum absolute atomic E-state index is 13.4. The zero-order valence-electron chi connectivity index (χ0n) is 22.1. The van der Waals surface area contributed by atoms with Gasteiger partial charge in [0, 0.05) is 31.8 Å². The van der Waals surface area contributed by atoms with Crippen LogP contribution in [0.3, 0.4) is 0 Å². The highest BCUT2D eigenvalue weighted by atomic mass is 32.1. The summed E-state index contributed by atoms with van der Waals surface area (Å²) in [6.07, 6.45) is 1.83. The summed E-state index contributed by atoms with van der Waals surface area (Å²) in [6.45, 7) is 9.49. The number of thiophene rings is 2. The molecule has 0 fully saturated rings. The fraction of sp³-hybridized carbons (Fsp3) is 0.152. The Bertz CT molecular complexity index is 1920. The van der Waals surface area contributed by atoms with Crippen molar-refractivity contribution in [1.82, 2.24) is 0 Å². The number of hydrogen-bond acceptors (Lipinski definition) is 5. The Balaban J connectivity index is 1.32. The van der Waals surface area contributed by atoms with Gasteiger partial charge in [0.05, 0.1) is 11.3 Å². The molecule has 8 rings (SSSR count). The Labute approximate surface area is 236 Å². The number of nitrogens with zero attached hydrogens (tertiary/aromatic N) is 1. The summed E-state index contributed by atoms with van der Waals surface area (Å²) in [5.74, 6) is -0.340. The van der Waals surface area contributed by atoms with Crippen LogP contribution in [-0.4, -0.2) is 19.6 Å². The third-order valence-corrected chi connectivity index (χ3v) is 14.4. The number of Topliss-reactive ketones (excluding diaryl/α,β-unsaturated/α-hetero) is 2. The lowest BCUT2D eigenvalue weighted by atomic mass is 9.75. The highest BCUT2D eigenvalue weighted by Crippen LogP contribution is 2.56. The molecule has 0 atom stereocenters. The summed E-state index contributed by atoms with van der Waals surface area (Å²) in [7, 11) is -1.90. The summed E-state index contributed by atoms with van der Waals surface area (Å²) in [5.41, 5.74) is 6.25. The molecule has 0 bridgehead atoms. The van der Waals surface area contributed by atoms with Gasteiger partial charge in [0.1, 0.15) is 13.1 Å². The van der Waals surface area contributed by atoms with Crippen molar-refractivity contribution in [3.8, 4) is 0 Å². The van der Waals surface area contributed by atoms with E-state index in [9.17, 15) is 9.59 Å². The average molecular weight is 560 g/mol. The van der Waals surface area contributed by atoms with Crippen molar-refractivity contribution in [1.29, 1.82) is 0 Å². The summed E-state index contributed by atoms with van der Waals surface area (Å²) in [4.78, 5) is 30.3. The van der Waals surface area contributed by atoms with Gasteiger partial charge in [0.2, 0.25) is 0 Å². The van der Waals surface area contributed by atoms with Crippen molar-refractivity contribution in [3.05, 3.63) is 105 Å². The molecule has 39 heavy (non-hydrogen) atoms. The molecule has 2 aromatic heterocycles. The van der Waals surface area contributed by atoms with Crippen molar-refractivity contribution >= 4 is 85.2 Å². The Morgan fingerprint density at radius 1 is 0.846 bits per heavy atom. The first kappa shape index (κ1) is 23.3. The number of hydrogen-bond donors (Lipinski definition) is 0. The van der Waals surface area contributed by atoms with E-state index in [0.717, 1.165) is 15.0 Å². The van der Waals surface area contributed by atoms with E-state index in [0.29, 0.717) is 11.1 Å². The first-order chi connectivity index (χ1) is 18.7. The molecule has 3 aromatic carbocycles. The number of carbonyl (C=O) groups excluding carboxylic acids is 2. The number of para-hydroxylation sites is 2. The molecule has 0 saturated carbocycles. The standard InChI is InChI=1S/C33H25NO2S2Si/c1-33(2)23-8-7-11-28-29(23)34(25-9-5-6-10-27(25)39(28,3)4)32-24(33)16-19(38-32)15-22-30(35)20-14-18-12-13-37-26(18)17-21(20)31(22)36/h5-17H,1-4H3/b22-15-. The first-order valence-electron chi connectivity index (χ1n) is 13.2. The van der Waals surface area contributed by atoms with Gasteiger partial charge >= 0.3 is 0 Å². The quantitative estimate of drug-likeness (QED) is 0.120. The van der Waals surface area contributed by atoms with Crippen LogP contribution in [0.5, 0.6) is 0 Å². The summed E-state index contributed by atoms with van der Waals surface area (Å²) in [5, 5.41) is 7.08. The molecule has 0 amide bonds. The molecule has 6 heteroatoms. The molecule has 3 nitrogen and oxygen atoms in total. The van der Waals surface area contributed by atoms with Crippen LogP contribution >= 0.6 is 22.7 Å². The third-order valence-electron chi connectivity index (χ3n) is 8.89. The summed E-state index contributed by atoms with van der Waals surface area (Å²) in [6, 6.07) is 23.6. The second-order valence-electron chi connectivity index (χ2n) is 11.7. The number of benzene rings is 3. The van der Waals surface area contributed by atoms with Crippen LogP contribution in [0, 0.1) is 0 Å². The van der Waals surface area contributed by atoms with Gasteiger partial charge in [-0.25, -0.2) is 0 Å². The van der Waals surface area contributed by atoms with E-state index < -0.39 is 8.07 Å². The molecule has 0 N–H and O–H groups in total. The second kappa shape index (κ2) is 7.54. The normalized spacial score (nSPS) is 18.8. The molecular weight excluding hydrogens is 535 g/mol. The van der Waals surface area contributed by atoms with Crippen molar-refractivity contribution < 1.29 is 9.59 Å². The highest BCUT2D eigenvalue weighted by Gasteiger charge is 2.47. The van der Waals surface area contributed by atoms with Gasteiger partial charge in [-0.05, 0) is 68.7 Å². The number of ketones is 2. The van der Waals surface area contributed by atoms with E-state index in [1.54, 1.807) is 22.7 Å². The van der Waals surface area contributed by atoms with Crippen LogP contribution < -0.4 is 15.3 Å². The molecule has 0 unspecified atom stereocenters. The molecule has 3 aliphatic rings. The van der Waals surface area contributed by atoms with E-state index in [4.69, 9.17) is 0 Å².